The largest absolute Gasteiger partial charge is 0.385 e. The summed E-state index contributed by atoms with van der Waals surface area (Å²) in [5.74, 6) is 0. The molecule has 1 rings (SSSR count). The van der Waals surface area contributed by atoms with Crippen LogP contribution in [0.2, 0.25) is 0 Å². The topological polar surface area (TPSA) is 100 Å². The number of nitrogens with zero attached hydrogens (tertiary/aromatic N) is 1. The Labute approximate surface area is 92.1 Å². The highest BCUT2D eigenvalue weighted by Gasteiger charge is 2.43. The minimum Gasteiger partial charge on any atom is -0.385 e. The molecule has 1 N–H and O–H groups in total. The molecule has 1 fully saturated rings. The second kappa shape index (κ2) is 5.94. The fraction of sp³-hybridized carbons (Fsp3) is 1.00. The Morgan fingerprint density at radius 1 is 1.44 bits per heavy atom. The third-order valence-electron chi connectivity index (χ3n) is 2.39. The summed E-state index contributed by atoms with van der Waals surface area (Å²) in [5.41, 5.74) is 0. The summed E-state index contributed by atoms with van der Waals surface area (Å²) in [7, 11) is 2.83. The van der Waals surface area contributed by atoms with Gasteiger partial charge in [0, 0.05) is 14.2 Å². The molecule has 1 aliphatic rings. The van der Waals surface area contributed by atoms with Crippen molar-refractivity contribution in [3.8, 4) is 0 Å². The number of hydrogen-bond acceptors (Lipinski definition) is 7. The van der Waals surface area contributed by atoms with Crippen LogP contribution in [0.5, 0.6) is 0 Å². The van der Waals surface area contributed by atoms with Crippen LogP contribution >= 0.6 is 0 Å². The van der Waals surface area contributed by atoms with Crippen LogP contribution in [0.4, 0.5) is 0 Å². The van der Waals surface area contributed by atoms with E-state index in [-0.39, 0.29) is 13.0 Å². The minimum absolute atomic E-state index is 0.110. The quantitative estimate of drug-likeness (QED) is 0.483. The Hall–Kier alpha value is -0.960. The number of aliphatic hydroxyl groups is 1. The molecule has 0 amide bonds. The standard InChI is InChI=1S/C8H15NO7/c1-13-7-5(3-4-15-9(11)12)16-8(14-2)6(7)10/h5-8,10H,3-4H2,1-2H3/t5-,6-,7-,8-/m1/s1. The summed E-state index contributed by atoms with van der Waals surface area (Å²) in [6.45, 7) is -0.110. The van der Waals surface area contributed by atoms with Crippen LogP contribution in [0, 0.1) is 10.1 Å². The number of hydrogen-bond donors (Lipinski definition) is 1. The van der Waals surface area contributed by atoms with Crippen LogP contribution in [0.3, 0.4) is 0 Å². The zero-order chi connectivity index (χ0) is 12.1. The van der Waals surface area contributed by atoms with Crippen molar-refractivity contribution in [2.24, 2.45) is 0 Å². The van der Waals surface area contributed by atoms with Crippen molar-refractivity contribution in [2.75, 3.05) is 20.8 Å². The van der Waals surface area contributed by atoms with Gasteiger partial charge >= 0.3 is 0 Å². The van der Waals surface area contributed by atoms with Crippen molar-refractivity contribution >= 4 is 0 Å². The molecule has 1 heterocycles. The molecule has 1 aliphatic heterocycles. The second-order valence-corrected chi connectivity index (χ2v) is 3.32. The minimum atomic E-state index is -0.907. The Bertz CT molecular complexity index is 236. The number of ether oxygens (including phenoxy) is 3. The molecule has 1 saturated heterocycles. The van der Waals surface area contributed by atoms with E-state index in [4.69, 9.17) is 14.2 Å². The van der Waals surface area contributed by atoms with Crippen LogP contribution in [0.15, 0.2) is 0 Å². The van der Waals surface area contributed by atoms with Crippen molar-refractivity contribution < 1.29 is 29.2 Å². The predicted molar refractivity (Wildman–Crippen MR) is 50.0 cm³/mol. The Morgan fingerprint density at radius 2 is 2.12 bits per heavy atom. The van der Waals surface area contributed by atoms with E-state index in [0.29, 0.717) is 0 Å². The van der Waals surface area contributed by atoms with Crippen molar-refractivity contribution in [1.29, 1.82) is 0 Å². The highest BCUT2D eigenvalue weighted by molar-refractivity contribution is 4.87. The zero-order valence-corrected chi connectivity index (χ0v) is 9.07. The van der Waals surface area contributed by atoms with Gasteiger partial charge in [-0.3, -0.25) is 0 Å². The molecular weight excluding hydrogens is 222 g/mol. The lowest BCUT2D eigenvalue weighted by Crippen LogP contribution is -2.35. The summed E-state index contributed by atoms with van der Waals surface area (Å²) in [5, 5.41) is 18.8. The number of rotatable bonds is 6. The third-order valence-corrected chi connectivity index (χ3v) is 2.39. The van der Waals surface area contributed by atoms with Crippen LogP contribution in [-0.4, -0.2) is 55.6 Å². The molecule has 4 atom stereocenters. The molecule has 8 heteroatoms. The smallest absolute Gasteiger partial charge is 0.294 e. The van der Waals surface area contributed by atoms with E-state index < -0.39 is 29.7 Å². The van der Waals surface area contributed by atoms with Gasteiger partial charge in [-0.1, -0.05) is 0 Å². The van der Waals surface area contributed by atoms with Crippen LogP contribution in [0.1, 0.15) is 6.42 Å². The van der Waals surface area contributed by atoms with Gasteiger partial charge in [-0.15, -0.1) is 10.1 Å². The first-order chi connectivity index (χ1) is 7.60. The van der Waals surface area contributed by atoms with Gasteiger partial charge in [0.05, 0.1) is 12.7 Å². The van der Waals surface area contributed by atoms with Gasteiger partial charge in [0.15, 0.2) is 6.29 Å². The molecule has 0 aromatic carbocycles. The molecule has 0 bridgehead atoms. The van der Waals surface area contributed by atoms with Gasteiger partial charge in [-0.05, 0) is 6.42 Å². The molecule has 94 valence electrons. The highest BCUT2D eigenvalue weighted by Crippen LogP contribution is 2.26. The average molecular weight is 237 g/mol. The normalized spacial score (nSPS) is 33.9. The van der Waals surface area contributed by atoms with Gasteiger partial charge in [0.25, 0.3) is 5.09 Å². The van der Waals surface area contributed by atoms with Crippen molar-refractivity contribution in [3.05, 3.63) is 10.1 Å². The molecule has 8 nitrogen and oxygen atoms in total. The lowest BCUT2D eigenvalue weighted by Gasteiger charge is -2.17. The fourth-order valence-corrected chi connectivity index (χ4v) is 1.67. The van der Waals surface area contributed by atoms with Gasteiger partial charge in [0.1, 0.15) is 12.2 Å². The molecule has 16 heavy (non-hydrogen) atoms. The van der Waals surface area contributed by atoms with Gasteiger partial charge in [0.2, 0.25) is 0 Å². The fourth-order valence-electron chi connectivity index (χ4n) is 1.67. The van der Waals surface area contributed by atoms with Crippen LogP contribution in [0.25, 0.3) is 0 Å². The summed E-state index contributed by atoms with van der Waals surface area (Å²) in [4.78, 5) is 14.1. The van der Waals surface area contributed by atoms with Crippen molar-refractivity contribution in [1.82, 2.24) is 0 Å². The maximum absolute atomic E-state index is 9.95. The first-order valence-corrected chi connectivity index (χ1v) is 4.76. The molecular formula is C8H15NO7. The Kier molecular flexibility index (Phi) is 4.87. The molecule has 0 unspecified atom stereocenters. The molecule has 0 aromatic heterocycles. The second-order valence-electron chi connectivity index (χ2n) is 3.32. The maximum atomic E-state index is 9.95. The van der Waals surface area contributed by atoms with E-state index in [1.807, 2.05) is 0 Å². The Morgan fingerprint density at radius 3 is 2.62 bits per heavy atom. The monoisotopic (exact) mass is 237 g/mol. The lowest BCUT2D eigenvalue weighted by atomic mass is 10.1. The number of methoxy groups -OCH3 is 2. The highest BCUT2D eigenvalue weighted by atomic mass is 16.9. The van der Waals surface area contributed by atoms with Gasteiger partial charge < -0.3 is 24.2 Å². The van der Waals surface area contributed by atoms with E-state index in [9.17, 15) is 15.2 Å². The van der Waals surface area contributed by atoms with Crippen molar-refractivity contribution in [3.63, 3.8) is 0 Å². The predicted octanol–water partition coefficient (Wildman–Crippen LogP) is -0.668. The first kappa shape index (κ1) is 13.1. The molecule has 0 radical (unpaired) electrons. The maximum Gasteiger partial charge on any atom is 0.294 e. The lowest BCUT2D eigenvalue weighted by molar-refractivity contribution is -0.758. The zero-order valence-electron chi connectivity index (χ0n) is 9.07. The van der Waals surface area contributed by atoms with E-state index in [0.717, 1.165) is 0 Å². The summed E-state index contributed by atoms with van der Waals surface area (Å²) < 4.78 is 15.2. The van der Waals surface area contributed by atoms with E-state index in [1.54, 1.807) is 0 Å². The molecule has 0 aliphatic carbocycles. The van der Waals surface area contributed by atoms with Crippen LogP contribution in [-0.2, 0) is 19.0 Å². The first-order valence-electron chi connectivity index (χ1n) is 4.76. The Balaban J connectivity index is 2.43. The number of aliphatic hydroxyl groups excluding tert-OH is 1. The summed E-state index contributed by atoms with van der Waals surface area (Å²) >= 11 is 0. The van der Waals surface area contributed by atoms with Gasteiger partial charge in [-0.2, -0.15) is 0 Å². The summed E-state index contributed by atoms with van der Waals surface area (Å²) in [6.07, 6.45) is -2.48. The average Bonchev–Trinajstić information content (AvgIpc) is 2.54. The van der Waals surface area contributed by atoms with Crippen molar-refractivity contribution in [2.45, 2.75) is 31.0 Å². The third kappa shape index (κ3) is 3.01. The molecule has 0 aromatic rings. The van der Waals surface area contributed by atoms with Gasteiger partial charge in [-0.25, -0.2) is 0 Å². The van der Waals surface area contributed by atoms with E-state index in [2.05, 4.69) is 4.84 Å². The molecule has 0 spiro atoms. The summed E-state index contributed by atoms with van der Waals surface area (Å²) in [6, 6.07) is 0. The SMILES string of the molecule is CO[C@@H]1O[C@H](CCO[N+](=O)[O-])[C@@H](OC)[C@H]1O. The molecule has 0 saturated carbocycles. The van der Waals surface area contributed by atoms with Crippen LogP contribution < -0.4 is 0 Å². The van der Waals surface area contributed by atoms with E-state index in [1.165, 1.54) is 14.2 Å². The van der Waals surface area contributed by atoms with E-state index >= 15 is 0 Å².